The Balaban J connectivity index is 1.80. The molecule has 2 fully saturated rings. The van der Waals surface area contributed by atoms with Crippen molar-refractivity contribution >= 4 is 11.8 Å². The zero-order valence-corrected chi connectivity index (χ0v) is 12.2. The lowest BCUT2D eigenvalue weighted by molar-refractivity contribution is 0.284. The number of hydrogen-bond acceptors (Lipinski definition) is 2. The fourth-order valence-electron chi connectivity index (χ4n) is 3.47. The van der Waals surface area contributed by atoms with E-state index in [1.165, 1.54) is 69.4 Å². The maximum atomic E-state index is 3.85. The second-order valence-electron chi connectivity index (χ2n) is 5.90. The van der Waals surface area contributed by atoms with Crippen LogP contribution in [0.2, 0.25) is 0 Å². The van der Waals surface area contributed by atoms with Crippen molar-refractivity contribution < 1.29 is 0 Å². The highest BCUT2D eigenvalue weighted by molar-refractivity contribution is 7.99. The lowest BCUT2D eigenvalue weighted by Crippen LogP contribution is -2.38. The van der Waals surface area contributed by atoms with Gasteiger partial charge in [0, 0.05) is 6.04 Å². The van der Waals surface area contributed by atoms with Gasteiger partial charge in [-0.2, -0.15) is 11.8 Å². The number of thioether (sulfide) groups is 1. The fourth-order valence-corrected chi connectivity index (χ4v) is 4.68. The Labute approximate surface area is 112 Å². The highest BCUT2D eigenvalue weighted by Gasteiger charge is 2.27. The van der Waals surface area contributed by atoms with Crippen molar-refractivity contribution in [2.45, 2.75) is 64.3 Å². The van der Waals surface area contributed by atoms with E-state index in [9.17, 15) is 0 Å². The molecule has 0 aromatic rings. The molecular formula is C15H29NS. The van der Waals surface area contributed by atoms with Gasteiger partial charge in [0.1, 0.15) is 0 Å². The van der Waals surface area contributed by atoms with Gasteiger partial charge in [0.05, 0.1) is 0 Å². The molecule has 1 atom stereocenters. The van der Waals surface area contributed by atoms with E-state index < -0.39 is 0 Å². The highest BCUT2D eigenvalue weighted by atomic mass is 32.2. The van der Waals surface area contributed by atoms with Crippen molar-refractivity contribution in [1.29, 1.82) is 0 Å². The van der Waals surface area contributed by atoms with E-state index in [1.807, 2.05) is 0 Å². The molecule has 1 unspecified atom stereocenters. The lowest BCUT2D eigenvalue weighted by Gasteiger charge is -2.30. The van der Waals surface area contributed by atoms with Crippen molar-refractivity contribution in [3.05, 3.63) is 0 Å². The van der Waals surface area contributed by atoms with Gasteiger partial charge in [-0.3, -0.25) is 0 Å². The van der Waals surface area contributed by atoms with E-state index in [0.717, 1.165) is 17.9 Å². The summed E-state index contributed by atoms with van der Waals surface area (Å²) in [6, 6.07) is 0.838. The van der Waals surface area contributed by atoms with Crippen LogP contribution in [0.15, 0.2) is 0 Å². The van der Waals surface area contributed by atoms with E-state index in [-0.39, 0.29) is 0 Å². The second-order valence-corrected chi connectivity index (χ2v) is 7.12. The minimum Gasteiger partial charge on any atom is -0.314 e. The van der Waals surface area contributed by atoms with Crippen LogP contribution in [0.4, 0.5) is 0 Å². The molecule has 100 valence electrons. The summed E-state index contributed by atoms with van der Waals surface area (Å²) in [6.07, 6.45) is 11.6. The van der Waals surface area contributed by atoms with Crippen LogP contribution >= 0.6 is 11.8 Å². The molecule has 0 amide bonds. The third-order valence-corrected chi connectivity index (χ3v) is 5.60. The molecule has 17 heavy (non-hydrogen) atoms. The van der Waals surface area contributed by atoms with Crippen LogP contribution < -0.4 is 5.32 Å². The van der Waals surface area contributed by atoms with E-state index >= 15 is 0 Å². The van der Waals surface area contributed by atoms with Gasteiger partial charge in [0.25, 0.3) is 0 Å². The first-order chi connectivity index (χ1) is 8.40. The fraction of sp³-hybridized carbons (Fsp3) is 1.00. The number of hydrogen-bond donors (Lipinski definition) is 1. The second kappa shape index (κ2) is 7.68. The van der Waals surface area contributed by atoms with Crippen LogP contribution in [0.25, 0.3) is 0 Å². The molecule has 1 saturated carbocycles. The van der Waals surface area contributed by atoms with Crippen LogP contribution in [-0.2, 0) is 0 Å². The molecule has 1 nitrogen and oxygen atoms in total. The Bertz CT molecular complexity index is 195. The molecule has 0 radical (unpaired) electrons. The van der Waals surface area contributed by atoms with E-state index in [4.69, 9.17) is 0 Å². The van der Waals surface area contributed by atoms with Gasteiger partial charge < -0.3 is 5.32 Å². The first kappa shape index (κ1) is 13.7. The maximum absolute atomic E-state index is 3.85. The summed E-state index contributed by atoms with van der Waals surface area (Å²) in [7, 11) is 0. The normalized spacial score (nSPS) is 25.2. The molecule has 0 aromatic carbocycles. The van der Waals surface area contributed by atoms with Gasteiger partial charge in [-0.05, 0) is 68.4 Å². The molecule has 1 aliphatic heterocycles. The Morgan fingerprint density at radius 2 is 1.82 bits per heavy atom. The topological polar surface area (TPSA) is 12.0 Å². The molecule has 1 aliphatic carbocycles. The van der Waals surface area contributed by atoms with Gasteiger partial charge in [-0.1, -0.05) is 19.8 Å². The molecule has 2 heteroatoms. The molecule has 0 bridgehead atoms. The Morgan fingerprint density at radius 3 is 2.47 bits per heavy atom. The molecule has 2 rings (SSSR count). The standard InChI is InChI=1S/C15H29NS/c1-2-9-16-15(14-5-3-4-6-14)12-13-7-10-17-11-8-13/h13-16H,2-12H2,1H3. The smallest absolute Gasteiger partial charge is 0.00979 e. The predicted octanol–water partition coefficient (Wildman–Crippen LogP) is 4.08. The summed E-state index contributed by atoms with van der Waals surface area (Å²) in [4.78, 5) is 0. The van der Waals surface area contributed by atoms with Gasteiger partial charge in [-0.25, -0.2) is 0 Å². The van der Waals surface area contributed by atoms with Crippen LogP contribution in [0.5, 0.6) is 0 Å². The van der Waals surface area contributed by atoms with Crippen molar-refractivity contribution in [3.8, 4) is 0 Å². The average Bonchev–Trinajstić information content (AvgIpc) is 2.89. The summed E-state index contributed by atoms with van der Waals surface area (Å²) in [5.74, 6) is 4.84. The summed E-state index contributed by atoms with van der Waals surface area (Å²) >= 11 is 2.16. The van der Waals surface area contributed by atoms with Crippen molar-refractivity contribution in [1.82, 2.24) is 5.32 Å². The molecule has 0 aromatic heterocycles. The average molecular weight is 255 g/mol. The zero-order chi connectivity index (χ0) is 11.9. The number of rotatable bonds is 6. The summed E-state index contributed by atoms with van der Waals surface area (Å²) in [5.41, 5.74) is 0. The Hall–Kier alpha value is 0.310. The Kier molecular flexibility index (Phi) is 6.21. The zero-order valence-electron chi connectivity index (χ0n) is 11.4. The van der Waals surface area contributed by atoms with Crippen molar-refractivity contribution in [2.24, 2.45) is 11.8 Å². The van der Waals surface area contributed by atoms with Gasteiger partial charge in [0.15, 0.2) is 0 Å². The first-order valence-electron chi connectivity index (χ1n) is 7.71. The predicted molar refractivity (Wildman–Crippen MR) is 78.7 cm³/mol. The van der Waals surface area contributed by atoms with Gasteiger partial charge >= 0.3 is 0 Å². The van der Waals surface area contributed by atoms with Gasteiger partial charge in [-0.15, -0.1) is 0 Å². The summed E-state index contributed by atoms with van der Waals surface area (Å²) < 4.78 is 0. The van der Waals surface area contributed by atoms with Crippen LogP contribution in [0.1, 0.15) is 58.3 Å². The minimum atomic E-state index is 0.838. The minimum absolute atomic E-state index is 0.838. The van der Waals surface area contributed by atoms with Gasteiger partial charge in [0.2, 0.25) is 0 Å². The van der Waals surface area contributed by atoms with Crippen LogP contribution in [0.3, 0.4) is 0 Å². The van der Waals surface area contributed by atoms with Crippen LogP contribution in [0, 0.1) is 11.8 Å². The molecule has 2 aliphatic rings. The molecule has 1 N–H and O–H groups in total. The molecule has 0 spiro atoms. The van der Waals surface area contributed by atoms with E-state index in [1.54, 1.807) is 0 Å². The molecule has 1 heterocycles. The third kappa shape index (κ3) is 4.48. The SMILES string of the molecule is CCCNC(CC1CCSCC1)C1CCCC1. The highest BCUT2D eigenvalue weighted by Crippen LogP contribution is 2.33. The summed E-state index contributed by atoms with van der Waals surface area (Å²) in [6.45, 7) is 3.51. The quantitative estimate of drug-likeness (QED) is 0.767. The maximum Gasteiger partial charge on any atom is 0.00979 e. The molecule has 1 saturated heterocycles. The van der Waals surface area contributed by atoms with Crippen LogP contribution in [-0.4, -0.2) is 24.1 Å². The first-order valence-corrected chi connectivity index (χ1v) is 8.86. The molecular weight excluding hydrogens is 226 g/mol. The largest absolute Gasteiger partial charge is 0.314 e. The van der Waals surface area contributed by atoms with Crippen molar-refractivity contribution in [2.75, 3.05) is 18.1 Å². The number of nitrogens with one attached hydrogen (secondary N) is 1. The Morgan fingerprint density at radius 1 is 1.12 bits per heavy atom. The summed E-state index contributed by atoms with van der Waals surface area (Å²) in [5, 5.41) is 3.85. The van der Waals surface area contributed by atoms with E-state index in [0.29, 0.717) is 0 Å². The monoisotopic (exact) mass is 255 g/mol. The van der Waals surface area contributed by atoms with E-state index in [2.05, 4.69) is 24.0 Å². The third-order valence-electron chi connectivity index (χ3n) is 4.55. The van der Waals surface area contributed by atoms with Crippen molar-refractivity contribution in [3.63, 3.8) is 0 Å². The lowest BCUT2D eigenvalue weighted by atomic mass is 9.86.